The van der Waals surface area contributed by atoms with E-state index < -0.39 is 48.5 Å². The molecule has 0 fully saturated rings. The van der Waals surface area contributed by atoms with Crippen molar-refractivity contribution in [1.82, 2.24) is 5.32 Å². The maximum Gasteiger partial charge on any atom is 0.351 e. The molecule has 2 atom stereocenters. The number of hydrogen-bond acceptors (Lipinski definition) is 6. The maximum absolute atomic E-state index is 10.7. The van der Waals surface area contributed by atoms with Crippen LogP contribution in [0.1, 0.15) is 12.8 Å². The molecule has 0 saturated heterocycles. The molecule has 0 amide bonds. The van der Waals surface area contributed by atoms with E-state index in [4.69, 9.17) is 20.4 Å². The first-order valence-electron chi connectivity index (χ1n) is 4.48. The van der Waals surface area contributed by atoms with Gasteiger partial charge in [-0.05, 0) is 0 Å². The van der Waals surface area contributed by atoms with Crippen molar-refractivity contribution in [3.8, 4) is 0 Å². The van der Waals surface area contributed by atoms with E-state index in [-0.39, 0.29) is 0 Å². The van der Waals surface area contributed by atoms with Gasteiger partial charge in [0, 0.05) is 0 Å². The first-order valence-corrected chi connectivity index (χ1v) is 4.48. The van der Waals surface area contributed by atoms with Gasteiger partial charge < -0.3 is 25.5 Å². The largest absolute Gasteiger partial charge is 0.481 e. The van der Waals surface area contributed by atoms with E-state index in [9.17, 15) is 24.3 Å². The van der Waals surface area contributed by atoms with E-state index in [1.54, 1.807) is 5.32 Å². The first-order chi connectivity index (χ1) is 8.08. The van der Waals surface area contributed by atoms with Gasteiger partial charge >= 0.3 is 23.9 Å². The van der Waals surface area contributed by atoms with Crippen molar-refractivity contribution in [1.29, 1.82) is 0 Å². The van der Waals surface area contributed by atoms with Gasteiger partial charge in [-0.2, -0.15) is 0 Å². The Morgan fingerprint density at radius 3 is 1.78 bits per heavy atom. The Bertz CT molecular complexity index is 379. The van der Waals surface area contributed by atoms with E-state index in [0.717, 1.165) is 0 Å². The van der Waals surface area contributed by atoms with Gasteiger partial charge in [0.05, 0.1) is 12.8 Å². The maximum atomic E-state index is 10.7. The van der Waals surface area contributed by atoms with Crippen molar-refractivity contribution in [3.63, 3.8) is 0 Å². The van der Waals surface area contributed by atoms with Crippen LogP contribution in [-0.2, 0) is 19.2 Å². The first kappa shape index (κ1) is 15.8. The highest BCUT2D eigenvalue weighted by Crippen LogP contribution is 2.10. The smallest absolute Gasteiger partial charge is 0.351 e. The van der Waals surface area contributed by atoms with Gasteiger partial charge in [-0.1, -0.05) is 0 Å². The summed E-state index contributed by atoms with van der Waals surface area (Å²) in [6, 6.07) is -1.94. The third-order valence-corrected chi connectivity index (χ3v) is 1.85. The molecule has 1 unspecified atom stereocenters. The van der Waals surface area contributed by atoms with E-state index in [1.807, 2.05) is 0 Å². The molecule has 0 heterocycles. The number of carboxylic acids is 4. The fourth-order valence-corrected chi connectivity index (χ4v) is 1.07. The average Bonchev–Trinajstić information content (AvgIpc) is 2.13. The summed E-state index contributed by atoms with van der Waals surface area (Å²) >= 11 is 0. The highest BCUT2D eigenvalue weighted by molar-refractivity contribution is 5.85. The molecule has 0 aromatic carbocycles. The zero-order valence-electron chi connectivity index (χ0n) is 8.86. The third-order valence-electron chi connectivity index (χ3n) is 1.85. The van der Waals surface area contributed by atoms with Crippen LogP contribution in [0.25, 0.3) is 0 Å². The zero-order valence-corrected chi connectivity index (χ0v) is 8.86. The standard InChI is InChI=1S/C8H11NO9/c10-4(11)1-3(6(14)15)9-8(18,7(16)17)2-5(12)13/h3,9,18H,1-2H2,(H,10,11)(H,12,13)(H,14,15)(H,16,17)/t3?,8-/m1/s1. The van der Waals surface area contributed by atoms with Gasteiger partial charge in [0.1, 0.15) is 6.04 Å². The van der Waals surface area contributed by atoms with Gasteiger partial charge in [0.2, 0.25) is 5.72 Å². The van der Waals surface area contributed by atoms with Crippen molar-refractivity contribution in [2.75, 3.05) is 0 Å². The molecule has 0 radical (unpaired) electrons. The number of carboxylic acid groups (broad SMARTS) is 4. The molecular weight excluding hydrogens is 254 g/mol. The summed E-state index contributed by atoms with van der Waals surface area (Å²) in [4.78, 5) is 42.0. The van der Waals surface area contributed by atoms with Crippen molar-refractivity contribution in [3.05, 3.63) is 0 Å². The van der Waals surface area contributed by atoms with Crippen molar-refractivity contribution in [2.24, 2.45) is 0 Å². The second-order valence-corrected chi connectivity index (χ2v) is 3.37. The monoisotopic (exact) mass is 265 g/mol. The Hall–Kier alpha value is -2.20. The SMILES string of the molecule is O=C(O)CC(N[C@@](O)(CC(=O)O)C(=O)O)C(=O)O. The Balaban J connectivity index is 5.03. The van der Waals surface area contributed by atoms with Crippen molar-refractivity contribution in [2.45, 2.75) is 24.6 Å². The number of carbonyl (C=O) groups is 4. The molecular formula is C8H11NO9. The summed E-state index contributed by atoms with van der Waals surface area (Å²) < 4.78 is 0. The minimum atomic E-state index is -3.07. The fourth-order valence-electron chi connectivity index (χ4n) is 1.07. The number of aliphatic hydroxyl groups is 1. The molecule has 0 saturated carbocycles. The molecule has 0 aliphatic rings. The van der Waals surface area contributed by atoms with Crippen LogP contribution in [0.15, 0.2) is 0 Å². The minimum Gasteiger partial charge on any atom is -0.481 e. The number of hydrogen-bond donors (Lipinski definition) is 6. The Morgan fingerprint density at radius 2 is 1.50 bits per heavy atom. The van der Waals surface area contributed by atoms with Gasteiger partial charge in [0.15, 0.2) is 0 Å². The lowest BCUT2D eigenvalue weighted by Crippen LogP contribution is -2.59. The van der Waals surface area contributed by atoms with Crippen LogP contribution in [0.2, 0.25) is 0 Å². The van der Waals surface area contributed by atoms with E-state index >= 15 is 0 Å². The lowest BCUT2D eigenvalue weighted by Gasteiger charge is -2.26. The summed E-state index contributed by atoms with van der Waals surface area (Å²) in [5, 5.41) is 45.1. The summed E-state index contributed by atoms with van der Waals surface area (Å²) in [6.45, 7) is 0. The van der Waals surface area contributed by atoms with E-state index in [2.05, 4.69) is 0 Å². The summed E-state index contributed by atoms with van der Waals surface area (Å²) in [5.74, 6) is -7.02. The van der Waals surface area contributed by atoms with Crippen LogP contribution in [0.5, 0.6) is 0 Å². The molecule has 0 bridgehead atoms. The number of nitrogens with one attached hydrogen (secondary N) is 1. The van der Waals surface area contributed by atoms with Crippen molar-refractivity contribution >= 4 is 23.9 Å². The minimum absolute atomic E-state index is 1.02. The third kappa shape index (κ3) is 4.76. The normalized spacial score (nSPS) is 15.4. The van der Waals surface area contributed by atoms with Crippen LogP contribution in [0.4, 0.5) is 0 Å². The van der Waals surface area contributed by atoms with Gasteiger partial charge in [-0.15, -0.1) is 0 Å². The summed E-state index contributed by atoms with van der Waals surface area (Å²) in [7, 11) is 0. The zero-order chi connectivity index (χ0) is 14.5. The van der Waals surface area contributed by atoms with Crippen LogP contribution in [-0.4, -0.2) is 61.2 Å². The molecule has 10 heteroatoms. The molecule has 0 aromatic rings. The predicted octanol–water partition coefficient (Wildman–Crippen LogP) is -2.25. The lowest BCUT2D eigenvalue weighted by molar-refractivity contribution is -0.172. The molecule has 18 heavy (non-hydrogen) atoms. The molecule has 0 aromatic heterocycles. The predicted molar refractivity (Wildman–Crippen MR) is 51.7 cm³/mol. The number of rotatable bonds is 8. The van der Waals surface area contributed by atoms with Crippen LogP contribution in [0.3, 0.4) is 0 Å². The van der Waals surface area contributed by atoms with E-state index in [1.165, 1.54) is 0 Å². The van der Waals surface area contributed by atoms with Gasteiger partial charge in [0.25, 0.3) is 0 Å². The second-order valence-electron chi connectivity index (χ2n) is 3.37. The molecule has 0 spiro atoms. The molecule has 0 rings (SSSR count). The molecule has 102 valence electrons. The highest BCUT2D eigenvalue weighted by atomic mass is 16.4. The molecule has 10 nitrogen and oxygen atoms in total. The summed E-state index contributed by atoms with van der Waals surface area (Å²) in [5.41, 5.74) is -3.07. The highest BCUT2D eigenvalue weighted by Gasteiger charge is 2.42. The van der Waals surface area contributed by atoms with Gasteiger partial charge in [-0.3, -0.25) is 19.7 Å². The Kier molecular flexibility index (Phi) is 5.21. The van der Waals surface area contributed by atoms with E-state index in [0.29, 0.717) is 0 Å². The van der Waals surface area contributed by atoms with Crippen LogP contribution >= 0.6 is 0 Å². The van der Waals surface area contributed by atoms with Crippen LogP contribution in [0, 0.1) is 0 Å². The molecule has 6 N–H and O–H groups in total. The molecule has 0 aliphatic heterocycles. The summed E-state index contributed by atoms with van der Waals surface area (Å²) in [6.07, 6.45) is -2.35. The lowest BCUT2D eigenvalue weighted by atomic mass is 10.1. The quantitative estimate of drug-likeness (QED) is 0.262. The Morgan fingerprint density at radius 1 is 1.00 bits per heavy atom. The average molecular weight is 265 g/mol. The van der Waals surface area contributed by atoms with Gasteiger partial charge in [-0.25, -0.2) is 4.79 Å². The fraction of sp³-hybridized carbons (Fsp3) is 0.500. The second kappa shape index (κ2) is 5.93. The number of aliphatic carboxylic acids is 4. The Labute approximate surface area is 99.5 Å². The van der Waals surface area contributed by atoms with Crippen LogP contribution < -0.4 is 5.32 Å². The van der Waals surface area contributed by atoms with Crippen molar-refractivity contribution < 1.29 is 44.7 Å². The molecule has 0 aliphatic carbocycles. The topological polar surface area (TPSA) is 181 Å².